The predicted octanol–water partition coefficient (Wildman–Crippen LogP) is 5.16. The number of fused-ring (bicyclic) bond motifs is 1. The summed E-state index contributed by atoms with van der Waals surface area (Å²) in [6.45, 7) is 4.71. The highest BCUT2D eigenvalue weighted by molar-refractivity contribution is 5.61. The summed E-state index contributed by atoms with van der Waals surface area (Å²) in [6.07, 6.45) is 13.6. The van der Waals surface area contributed by atoms with Gasteiger partial charge >= 0.3 is 0 Å². The Morgan fingerprint density at radius 3 is 2.48 bits per heavy atom. The van der Waals surface area contributed by atoms with Crippen molar-refractivity contribution >= 4 is 11.4 Å². The Hall–Kier alpha value is -1.18. The zero-order chi connectivity index (χ0) is 14.9. The van der Waals surface area contributed by atoms with Crippen LogP contribution in [0.15, 0.2) is 18.2 Å². The molecule has 1 aliphatic heterocycles. The summed E-state index contributed by atoms with van der Waals surface area (Å²) in [7, 11) is 0. The van der Waals surface area contributed by atoms with Crippen molar-refractivity contribution in [3.05, 3.63) is 23.8 Å². The first-order chi connectivity index (χ1) is 10.3. The van der Waals surface area contributed by atoms with E-state index in [4.69, 9.17) is 5.73 Å². The molecular weight excluding hydrogens is 256 g/mol. The quantitative estimate of drug-likeness (QED) is 0.502. The zero-order valence-electron chi connectivity index (χ0n) is 13.7. The molecule has 0 aliphatic carbocycles. The third kappa shape index (κ3) is 5.26. The molecule has 0 atom stereocenters. The third-order valence-corrected chi connectivity index (χ3v) is 4.60. The van der Waals surface area contributed by atoms with Crippen LogP contribution >= 0.6 is 0 Å². The van der Waals surface area contributed by atoms with E-state index in [-0.39, 0.29) is 0 Å². The molecule has 2 rings (SSSR count). The van der Waals surface area contributed by atoms with Gasteiger partial charge < -0.3 is 10.6 Å². The van der Waals surface area contributed by atoms with Crippen molar-refractivity contribution in [3.8, 4) is 0 Å². The largest absolute Gasteiger partial charge is 0.399 e. The zero-order valence-corrected chi connectivity index (χ0v) is 13.7. The Bertz CT molecular complexity index is 414. The van der Waals surface area contributed by atoms with Gasteiger partial charge in [0.25, 0.3) is 0 Å². The van der Waals surface area contributed by atoms with Crippen molar-refractivity contribution in [2.24, 2.45) is 0 Å². The molecule has 0 aromatic heterocycles. The van der Waals surface area contributed by atoms with E-state index in [0.29, 0.717) is 0 Å². The van der Waals surface area contributed by atoms with Gasteiger partial charge in [0.1, 0.15) is 0 Å². The number of hydrogen-bond acceptors (Lipinski definition) is 2. The van der Waals surface area contributed by atoms with Crippen LogP contribution in [0.25, 0.3) is 0 Å². The molecule has 1 aromatic rings. The van der Waals surface area contributed by atoms with Crippen LogP contribution in [0.4, 0.5) is 11.4 Å². The van der Waals surface area contributed by atoms with Crippen molar-refractivity contribution in [1.29, 1.82) is 0 Å². The van der Waals surface area contributed by atoms with Gasteiger partial charge in [0, 0.05) is 24.5 Å². The van der Waals surface area contributed by atoms with Crippen LogP contribution in [0.3, 0.4) is 0 Å². The van der Waals surface area contributed by atoms with Gasteiger partial charge in [-0.15, -0.1) is 0 Å². The average molecular weight is 288 g/mol. The monoisotopic (exact) mass is 288 g/mol. The highest BCUT2D eigenvalue weighted by atomic mass is 15.1. The molecule has 1 aromatic carbocycles. The molecule has 1 heterocycles. The maximum absolute atomic E-state index is 5.90. The van der Waals surface area contributed by atoms with Crippen molar-refractivity contribution in [2.75, 3.05) is 23.7 Å². The van der Waals surface area contributed by atoms with Crippen LogP contribution < -0.4 is 10.6 Å². The lowest BCUT2D eigenvalue weighted by Crippen LogP contribution is -2.30. The van der Waals surface area contributed by atoms with Gasteiger partial charge in [-0.2, -0.15) is 0 Å². The van der Waals surface area contributed by atoms with E-state index in [1.807, 2.05) is 6.07 Å². The van der Waals surface area contributed by atoms with E-state index in [9.17, 15) is 0 Å². The molecule has 0 amide bonds. The summed E-state index contributed by atoms with van der Waals surface area (Å²) in [6, 6.07) is 6.43. The Morgan fingerprint density at radius 1 is 1.00 bits per heavy atom. The number of nitrogens with zero attached hydrogens (tertiary/aromatic N) is 1. The molecular formula is C19H32N2. The minimum Gasteiger partial charge on any atom is -0.399 e. The van der Waals surface area contributed by atoms with Crippen LogP contribution in [-0.2, 0) is 6.42 Å². The lowest BCUT2D eigenvalue weighted by Gasteiger charge is -2.31. The topological polar surface area (TPSA) is 29.3 Å². The Kier molecular flexibility index (Phi) is 6.91. The molecule has 118 valence electrons. The molecule has 0 radical (unpaired) electrons. The number of unbranched alkanes of at least 4 members (excludes halogenated alkanes) is 7. The molecule has 0 bridgehead atoms. The van der Waals surface area contributed by atoms with E-state index in [1.54, 1.807) is 0 Å². The minimum atomic E-state index is 0.905. The van der Waals surface area contributed by atoms with Crippen molar-refractivity contribution in [2.45, 2.75) is 71.1 Å². The second kappa shape index (κ2) is 8.96. The summed E-state index contributed by atoms with van der Waals surface area (Å²) < 4.78 is 0. The van der Waals surface area contributed by atoms with Crippen molar-refractivity contribution in [1.82, 2.24) is 0 Å². The van der Waals surface area contributed by atoms with Crippen LogP contribution in [0.1, 0.15) is 70.3 Å². The highest BCUT2D eigenvalue weighted by Gasteiger charge is 2.16. The summed E-state index contributed by atoms with van der Waals surface area (Å²) in [5, 5.41) is 0. The standard InChI is InChI=1S/C19H32N2/c1-2-3-4-5-6-7-8-9-14-21-15-10-11-17-16-18(20)12-13-19(17)21/h12-13,16H,2-11,14-15,20H2,1H3. The summed E-state index contributed by atoms with van der Waals surface area (Å²) in [5.41, 5.74) is 9.68. The molecule has 21 heavy (non-hydrogen) atoms. The molecule has 2 nitrogen and oxygen atoms in total. The van der Waals surface area contributed by atoms with Gasteiger partial charge in [-0.1, -0.05) is 51.9 Å². The van der Waals surface area contributed by atoms with E-state index in [1.165, 1.54) is 88.5 Å². The van der Waals surface area contributed by atoms with Crippen LogP contribution in [0.5, 0.6) is 0 Å². The lowest BCUT2D eigenvalue weighted by atomic mass is 10.0. The van der Waals surface area contributed by atoms with Gasteiger partial charge in [-0.3, -0.25) is 0 Å². The molecule has 2 N–H and O–H groups in total. The number of nitrogens with two attached hydrogens (primary N) is 1. The normalized spacial score (nSPS) is 14.2. The Labute approximate surface area is 130 Å². The number of aryl methyl sites for hydroxylation is 1. The third-order valence-electron chi connectivity index (χ3n) is 4.60. The number of anilines is 2. The fourth-order valence-electron chi connectivity index (χ4n) is 3.36. The smallest absolute Gasteiger partial charge is 0.0400 e. The van der Waals surface area contributed by atoms with Gasteiger partial charge in [-0.25, -0.2) is 0 Å². The highest BCUT2D eigenvalue weighted by Crippen LogP contribution is 2.29. The fourth-order valence-corrected chi connectivity index (χ4v) is 3.36. The van der Waals surface area contributed by atoms with Crippen LogP contribution in [0.2, 0.25) is 0 Å². The number of benzene rings is 1. The van der Waals surface area contributed by atoms with E-state index in [0.717, 1.165) is 5.69 Å². The van der Waals surface area contributed by atoms with Crippen LogP contribution in [0, 0.1) is 0 Å². The minimum absolute atomic E-state index is 0.905. The van der Waals surface area contributed by atoms with Crippen molar-refractivity contribution < 1.29 is 0 Å². The second-order valence-electron chi connectivity index (χ2n) is 6.45. The molecule has 0 fully saturated rings. The van der Waals surface area contributed by atoms with Crippen molar-refractivity contribution in [3.63, 3.8) is 0 Å². The van der Waals surface area contributed by atoms with Gasteiger partial charge in [-0.05, 0) is 43.0 Å². The molecule has 0 saturated carbocycles. The number of nitrogen functional groups attached to an aromatic ring is 1. The first kappa shape index (κ1) is 16.2. The summed E-state index contributed by atoms with van der Waals surface area (Å²) in [4.78, 5) is 2.56. The SMILES string of the molecule is CCCCCCCCCCN1CCCc2cc(N)ccc21. The maximum Gasteiger partial charge on any atom is 0.0400 e. The summed E-state index contributed by atoms with van der Waals surface area (Å²) in [5.74, 6) is 0. The number of rotatable bonds is 9. The summed E-state index contributed by atoms with van der Waals surface area (Å²) >= 11 is 0. The fraction of sp³-hybridized carbons (Fsp3) is 0.684. The predicted molar refractivity (Wildman–Crippen MR) is 94.0 cm³/mol. The Morgan fingerprint density at radius 2 is 1.71 bits per heavy atom. The van der Waals surface area contributed by atoms with Gasteiger partial charge in [0.05, 0.1) is 0 Å². The molecule has 1 aliphatic rings. The van der Waals surface area contributed by atoms with E-state index < -0.39 is 0 Å². The van der Waals surface area contributed by atoms with Gasteiger partial charge in [0.15, 0.2) is 0 Å². The molecule has 0 unspecified atom stereocenters. The average Bonchev–Trinajstić information content (AvgIpc) is 2.49. The molecule has 0 spiro atoms. The van der Waals surface area contributed by atoms with E-state index in [2.05, 4.69) is 24.0 Å². The first-order valence-electron chi connectivity index (χ1n) is 8.94. The second-order valence-corrected chi connectivity index (χ2v) is 6.45. The van der Waals surface area contributed by atoms with Gasteiger partial charge in [0.2, 0.25) is 0 Å². The van der Waals surface area contributed by atoms with E-state index >= 15 is 0 Å². The molecule has 2 heteroatoms. The molecule has 0 saturated heterocycles. The van der Waals surface area contributed by atoms with Crippen LogP contribution in [-0.4, -0.2) is 13.1 Å². The maximum atomic E-state index is 5.90. The first-order valence-corrected chi connectivity index (χ1v) is 8.94. The lowest BCUT2D eigenvalue weighted by molar-refractivity contribution is 0.566. The number of hydrogen-bond donors (Lipinski definition) is 1. The Balaban J connectivity index is 1.66.